The SMILES string of the molecule is O=C(/C=N\[O-])Nc1ccccc1C(=O)O. The summed E-state index contributed by atoms with van der Waals surface area (Å²) >= 11 is 0. The van der Waals surface area contributed by atoms with Gasteiger partial charge in [0.15, 0.2) is 0 Å². The molecule has 0 fully saturated rings. The highest BCUT2D eigenvalue weighted by atomic mass is 16.4. The molecule has 0 aliphatic heterocycles. The zero-order valence-corrected chi connectivity index (χ0v) is 7.51. The second kappa shape index (κ2) is 4.75. The number of anilines is 1. The Bertz CT molecular complexity index is 414. The van der Waals surface area contributed by atoms with Gasteiger partial charge in [0.1, 0.15) is 0 Å². The summed E-state index contributed by atoms with van der Waals surface area (Å²) in [7, 11) is 0. The Morgan fingerprint density at radius 1 is 1.40 bits per heavy atom. The number of hydrogen-bond acceptors (Lipinski definition) is 4. The zero-order chi connectivity index (χ0) is 11.3. The summed E-state index contributed by atoms with van der Waals surface area (Å²) in [4.78, 5) is 21.6. The monoisotopic (exact) mass is 207 g/mol. The average molecular weight is 207 g/mol. The predicted molar refractivity (Wildman–Crippen MR) is 53.9 cm³/mol. The largest absolute Gasteiger partial charge is 0.792 e. The maximum Gasteiger partial charge on any atom is 0.337 e. The van der Waals surface area contributed by atoms with Crippen molar-refractivity contribution in [3.8, 4) is 0 Å². The number of benzene rings is 1. The zero-order valence-electron chi connectivity index (χ0n) is 7.51. The van der Waals surface area contributed by atoms with Crippen molar-refractivity contribution >= 4 is 23.8 Å². The molecule has 0 radical (unpaired) electrons. The van der Waals surface area contributed by atoms with E-state index in [1.54, 1.807) is 6.07 Å². The Hall–Kier alpha value is -2.37. The number of nitrogens with one attached hydrogen (secondary N) is 1. The average Bonchev–Trinajstić information content (AvgIpc) is 2.18. The molecule has 6 heteroatoms. The van der Waals surface area contributed by atoms with Gasteiger partial charge in [0.2, 0.25) is 0 Å². The number of hydrogen-bond donors (Lipinski definition) is 2. The van der Waals surface area contributed by atoms with Crippen LogP contribution in [0.2, 0.25) is 0 Å². The molecule has 15 heavy (non-hydrogen) atoms. The van der Waals surface area contributed by atoms with Gasteiger partial charge in [-0.05, 0) is 12.1 Å². The molecule has 1 aromatic rings. The van der Waals surface area contributed by atoms with Crippen LogP contribution >= 0.6 is 0 Å². The van der Waals surface area contributed by atoms with Gasteiger partial charge in [-0.2, -0.15) is 0 Å². The van der Waals surface area contributed by atoms with Crippen molar-refractivity contribution in [1.29, 1.82) is 0 Å². The van der Waals surface area contributed by atoms with Gasteiger partial charge in [-0.15, -0.1) is 0 Å². The van der Waals surface area contributed by atoms with Crippen LogP contribution in [0.1, 0.15) is 10.4 Å². The molecule has 2 N–H and O–H groups in total. The number of para-hydroxylation sites is 1. The van der Waals surface area contributed by atoms with Gasteiger partial charge in [0.05, 0.1) is 17.5 Å². The molecule has 78 valence electrons. The third kappa shape index (κ3) is 2.80. The molecule has 0 saturated heterocycles. The molecule has 0 unspecified atom stereocenters. The van der Waals surface area contributed by atoms with Crippen LogP contribution in [0.3, 0.4) is 0 Å². The minimum Gasteiger partial charge on any atom is -0.792 e. The van der Waals surface area contributed by atoms with Crippen molar-refractivity contribution in [3.05, 3.63) is 35.0 Å². The lowest BCUT2D eigenvalue weighted by molar-refractivity contribution is -0.109. The molecule has 1 amide bonds. The molecule has 0 aliphatic rings. The fourth-order valence-corrected chi connectivity index (χ4v) is 0.991. The smallest absolute Gasteiger partial charge is 0.337 e. The van der Waals surface area contributed by atoms with E-state index in [1.807, 2.05) is 0 Å². The summed E-state index contributed by atoms with van der Waals surface area (Å²) in [6.45, 7) is 0. The van der Waals surface area contributed by atoms with Crippen LogP contribution in [0.5, 0.6) is 0 Å². The number of nitrogens with zero attached hydrogens (tertiary/aromatic N) is 1. The standard InChI is InChI=1S/C9H8N2O4/c12-8(5-10-15)11-7-4-2-1-3-6(7)9(13)14/h1-5,15H,(H,11,12)(H,13,14)/p-1/b10-5-. The summed E-state index contributed by atoms with van der Waals surface area (Å²) < 4.78 is 0. The van der Waals surface area contributed by atoms with Crippen LogP contribution in [0, 0.1) is 5.21 Å². The Balaban J connectivity index is 2.94. The van der Waals surface area contributed by atoms with Crippen molar-refractivity contribution in [2.75, 3.05) is 5.32 Å². The van der Waals surface area contributed by atoms with E-state index in [4.69, 9.17) is 5.11 Å². The highest BCUT2D eigenvalue weighted by Gasteiger charge is 2.09. The van der Waals surface area contributed by atoms with E-state index in [9.17, 15) is 14.8 Å². The number of carboxylic acids is 1. The molecule has 0 saturated carbocycles. The summed E-state index contributed by atoms with van der Waals surface area (Å²) in [5.74, 6) is -1.93. The molecule has 1 rings (SSSR count). The maximum atomic E-state index is 10.9. The number of rotatable bonds is 3. The van der Waals surface area contributed by atoms with Crippen molar-refractivity contribution in [2.24, 2.45) is 5.16 Å². The van der Waals surface area contributed by atoms with Gasteiger partial charge >= 0.3 is 5.97 Å². The highest BCUT2D eigenvalue weighted by Crippen LogP contribution is 2.14. The van der Waals surface area contributed by atoms with Gasteiger partial charge in [0.25, 0.3) is 5.91 Å². The van der Waals surface area contributed by atoms with Crippen LogP contribution in [-0.2, 0) is 4.79 Å². The number of aromatic carboxylic acids is 1. The summed E-state index contributed by atoms with van der Waals surface area (Å²) in [5, 5.41) is 23.0. The summed E-state index contributed by atoms with van der Waals surface area (Å²) in [6, 6.07) is 5.85. The fourth-order valence-electron chi connectivity index (χ4n) is 0.991. The topological polar surface area (TPSA) is 102 Å². The second-order valence-corrected chi connectivity index (χ2v) is 2.57. The lowest BCUT2D eigenvalue weighted by Gasteiger charge is -2.05. The van der Waals surface area contributed by atoms with Crippen LogP contribution in [0.25, 0.3) is 0 Å². The Labute approximate surface area is 84.8 Å². The van der Waals surface area contributed by atoms with E-state index in [-0.39, 0.29) is 11.3 Å². The van der Waals surface area contributed by atoms with Crippen molar-refractivity contribution in [1.82, 2.24) is 0 Å². The normalized spacial score (nSPS) is 10.1. The third-order valence-corrected chi connectivity index (χ3v) is 1.59. The molecule has 0 bridgehead atoms. The molecular formula is C9H7N2O4-. The number of carboxylic acid groups (broad SMARTS) is 1. The van der Waals surface area contributed by atoms with Crippen LogP contribution < -0.4 is 5.32 Å². The maximum absolute atomic E-state index is 10.9. The van der Waals surface area contributed by atoms with Gasteiger partial charge in [0, 0.05) is 0 Å². The lowest BCUT2D eigenvalue weighted by Crippen LogP contribution is -2.15. The van der Waals surface area contributed by atoms with E-state index in [0.29, 0.717) is 6.21 Å². The lowest BCUT2D eigenvalue weighted by atomic mass is 10.2. The third-order valence-electron chi connectivity index (χ3n) is 1.59. The van der Waals surface area contributed by atoms with E-state index >= 15 is 0 Å². The molecule has 1 aromatic carbocycles. The van der Waals surface area contributed by atoms with Crippen LogP contribution in [0.4, 0.5) is 5.69 Å². The number of carbonyl (C=O) groups excluding carboxylic acids is 1. The fraction of sp³-hybridized carbons (Fsp3) is 0. The van der Waals surface area contributed by atoms with Crippen molar-refractivity contribution in [3.63, 3.8) is 0 Å². The van der Waals surface area contributed by atoms with E-state index < -0.39 is 11.9 Å². The molecular weight excluding hydrogens is 200 g/mol. The molecule has 0 aromatic heterocycles. The van der Waals surface area contributed by atoms with E-state index in [1.165, 1.54) is 18.2 Å². The van der Waals surface area contributed by atoms with Crippen LogP contribution in [0.15, 0.2) is 29.4 Å². The number of carbonyl (C=O) groups is 2. The van der Waals surface area contributed by atoms with Crippen molar-refractivity contribution < 1.29 is 14.7 Å². The van der Waals surface area contributed by atoms with E-state index in [2.05, 4.69) is 10.5 Å². The molecule has 6 nitrogen and oxygen atoms in total. The van der Waals surface area contributed by atoms with Gasteiger partial charge < -0.3 is 20.8 Å². The minimum absolute atomic E-state index is 0.0508. The van der Waals surface area contributed by atoms with Gasteiger partial charge in [-0.25, -0.2) is 4.79 Å². The first kappa shape index (κ1) is 10.7. The minimum atomic E-state index is -1.16. The molecule has 0 atom stereocenters. The Morgan fingerprint density at radius 3 is 2.67 bits per heavy atom. The van der Waals surface area contributed by atoms with E-state index in [0.717, 1.165) is 0 Å². The van der Waals surface area contributed by atoms with Crippen LogP contribution in [-0.4, -0.2) is 23.2 Å². The Morgan fingerprint density at radius 2 is 2.07 bits per heavy atom. The first-order valence-corrected chi connectivity index (χ1v) is 3.94. The predicted octanol–water partition coefficient (Wildman–Crippen LogP) is 0.892. The second-order valence-electron chi connectivity index (χ2n) is 2.57. The first-order chi connectivity index (χ1) is 7.15. The van der Waals surface area contributed by atoms with Crippen molar-refractivity contribution in [2.45, 2.75) is 0 Å². The van der Waals surface area contributed by atoms with Gasteiger partial charge in [-0.1, -0.05) is 12.1 Å². The molecule has 0 heterocycles. The molecule has 0 spiro atoms. The quantitative estimate of drug-likeness (QED) is 0.567. The summed E-state index contributed by atoms with van der Waals surface area (Å²) in [5.41, 5.74) is 0.0695. The molecule has 0 aliphatic carbocycles. The number of amides is 1. The highest BCUT2D eigenvalue weighted by molar-refractivity contribution is 6.32. The summed E-state index contributed by atoms with van der Waals surface area (Å²) in [6.07, 6.45) is 0.526. The van der Waals surface area contributed by atoms with Gasteiger partial charge in [-0.3, -0.25) is 4.79 Å². The Kier molecular flexibility index (Phi) is 3.39. The first-order valence-electron chi connectivity index (χ1n) is 3.94.